The number of hydrogen-bond acceptors (Lipinski definition) is 3. The first-order chi connectivity index (χ1) is 12.3. The number of benzene rings is 1. The molecule has 0 bridgehead atoms. The molecule has 0 unspecified atom stereocenters. The van der Waals surface area contributed by atoms with E-state index in [1.165, 1.54) is 0 Å². The Labute approximate surface area is 147 Å². The van der Waals surface area contributed by atoms with Crippen LogP contribution < -0.4 is 5.32 Å². The Morgan fingerprint density at radius 2 is 1.88 bits per heavy atom. The van der Waals surface area contributed by atoms with Crippen molar-refractivity contribution in [3.8, 4) is 11.3 Å². The second-order valence-corrected chi connectivity index (χ2v) is 5.86. The molecule has 2 heterocycles. The van der Waals surface area contributed by atoms with E-state index in [0.29, 0.717) is 13.1 Å². The topological polar surface area (TPSA) is 59.8 Å². The number of amides is 1. The molecule has 5 heteroatoms. The van der Waals surface area contributed by atoms with Gasteiger partial charge in [0.05, 0.1) is 18.2 Å². The average Bonchev–Trinajstić information content (AvgIpc) is 3.13. The Kier molecular flexibility index (Phi) is 5.57. The lowest BCUT2D eigenvalue weighted by atomic mass is 9.96. The molecule has 0 aliphatic rings. The third-order valence-electron chi connectivity index (χ3n) is 4.18. The minimum Gasteiger partial charge on any atom is -0.354 e. The first kappa shape index (κ1) is 16.9. The summed E-state index contributed by atoms with van der Waals surface area (Å²) in [5.74, 6) is -0.0404. The van der Waals surface area contributed by atoms with E-state index in [4.69, 9.17) is 0 Å². The number of carbonyl (C=O) groups is 1. The molecule has 0 aliphatic heterocycles. The minimum absolute atomic E-state index is 0.0650. The average molecular weight is 334 g/mol. The zero-order chi connectivity index (χ0) is 17.5. The highest BCUT2D eigenvalue weighted by Gasteiger charge is 2.17. The molecule has 2 aromatic heterocycles. The van der Waals surface area contributed by atoms with Gasteiger partial charge in [0.1, 0.15) is 0 Å². The summed E-state index contributed by atoms with van der Waals surface area (Å²) in [6.45, 7) is 3.23. The maximum absolute atomic E-state index is 12.4. The van der Waals surface area contributed by atoms with Crippen LogP contribution in [0.1, 0.15) is 24.8 Å². The van der Waals surface area contributed by atoms with Crippen LogP contribution in [0, 0.1) is 0 Å². The molecule has 0 aliphatic carbocycles. The summed E-state index contributed by atoms with van der Waals surface area (Å²) in [6, 6.07) is 15.7. The molecule has 1 aromatic carbocycles. The standard InChI is InChI=1S/C20H22N4O/c1-2-18(16-6-4-3-5-7-16)20(25)22-13-15-24-14-10-19(23-24)17-8-11-21-12-9-17/h3-12,14,18H,2,13,15H2,1H3,(H,22,25)/t18-/m0/s1. The molecule has 3 rings (SSSR count). The number of pyridine rings is 1. The van der Waals surface area contributed by atoms with Gasteiger partial charge in [-0.05, 0) is 30.2 Å². The molecular weight excluding hydrogens is 312 g/mol. The fraction of sp³-hybridized carbons (Fsp3) is 0.250. The number of aromatic nitrogens is 3. The molecule has 5 nitrogen and oxygen atoms in total. The highest BCUT2D eigenvalue weighted by Crippen LogP contribution is 2.19. The predicted octanol–water partition coefficient (Wildman–Crippen LogP) is 3.26. The summed E-state index contributed by atoms with van der Waals surface area (Å²) in [5, 5.41) is 7.56. The van der Waals surface area contributed by atoms with E-state index in [2.05, 4.69) is 15.4 Å². The largest absolute Gasteiger partial charge is 0.354 e. The van der Waals surface area contributed by atoms with Crippen LogP contribution in [0.4, 0.5) is 0 Å². The molecule has 1 N–H and O–H groups in total. The lowest BCUT2D eigenvalue weighted by Gasteiger charge is -2.15. The van der Waals surface area contributed by atoms with Crippen molar-refractivity contribution in [3.63, 3.8) is 0 Å². The first-order valence-electron chi connectivity index (χ1n) is 8.54. The van der Waals surface area contributed by atoms with Crippen molar-refractivity contribution in [3.05, 3.63) is 72.7 Å². The van der Waals surface area contributed by atoms with Crippen LogP contribution in [0.3, 0.4) is 0 Å². The Morgan fingerprint density at radius 3 is 2.60 bits per heavy atom. The Morgan fingerprint density at radius 1 is 1.12 bits per heavy atom. The first-order valence-corrected chi connectivity index (χ1v) is 8.54. The maximum atomic E-state index is 12.4. The number of nitrogens with zero attached hydrogens (tertiary/aromatic N) is 3. The number of nitrogens with one attached hydrogen (secondary N) is 1. The van der Waals surface area contributed by atoms with Crippen LogP contribution in [-0.4, -0.2) is 27.2 Å². The van der Waals surface area contributed by atoms with Crippen LogP contribution >= 0.6 is 0 Å². The van der Waals surface area contributed by atoms with Gasteiger partial charge in [-0.3, -0.25) is 14.5 Å². The lowest BCUT2D eigenvalue weighted by molar-refractivity contribution is -0.122. The molecule has 1 atom stereocenters. The van der Waals surface area contributed by atoms with Crippen molar-refractivity contribution in [2.24, 2.45) is 0 Å². The van der Waals surface area contributed by atoms with Crippen molar-refractivity contribution in [1.82, 2.24) is 20.1 Å². The van der Waals surface area contributed by atoms with E-state index in [9.17, 15) is 4.79 Å². The monoisotopic (exact) mass is 334 g/mol. The van der Waals surface area contributed by atoms with Crippen molar-refractivity contribution < 1.29 is 4.79 Å². The number of carbonyl (C=O) groups excluding carboxylic acids is 1. The van der Waals surface area contributed by atoms with Crippen molar-refractivity contribution in [2.45, 2.75) is 25.8 Å². The normalized spacial score (nSPS) is 11.9. The highest BCUT2D eigenvalue weighted by molar-refractivity contribution is 5.83. The summed E-state index contributed by atoms with van der Waals surface area (Å²) in [6.07, 6.45) is 6.21. The Bertz CT molecular complexity index is 799. The smallest absolute Gasteiger partial charge is 0.227 e. The van der Waals surface area contributed by atoms with Crippen LogP contribution in [0.15, 0.2) is 67.1 Å². The fourth-order valence-electron chi connectivity index (χ4n) is 2.84. The third-order valence-corrected chi connectivity index (χ3v) is 4.18. The Hall–Kier alpha value is -2.95. The van der Waals surface area contributed by atoms with Crippen LogP contribution in [-0.2, 0) is 11.3 Å². The lowest BCUT2D eigenvalue weighted by Crippen LogP contribution is -2.31. The van der Waals surface area contributed by atoms with E-state index in [1.807, 2.05) is 66.3 Å². The summed E-state index contributed by atoms with van der Waals surface area (Å²) < 4.78 is 1.85. The van der Waals surface area contributed by atoms with Gasteiger partial charge in [0, 0.05) is 30.7 Å². The van der Waals surface area contributed by atoms with Crippen molar-refractivity contribution >= 4 is 5.91 Å². The predicted molar refractivity (Wildman–Crippen MR) is 97.9 cm³/mol. The van der Waals surface area contributed by atoms with Crippen LogP contribution in [0.25, 0.3) is 11.3 Å². The maximum Gasteiger partial charge on any atom is 0.227 e. The van der Waals surface area contributed by atoms with Gasteiger partial charge in [-0.15, -0.1) is 0 Å². The van der Waals surface area contributed by atoms with E-state index in [-0.39, 0.29) is 11.8 Å². The van der Waals surface area contributed by atoms with Gasteiger partial charge in [-0.1, -0.05) is 37.3 Å². The third kappa shape index (κ3) is 4.32. The molecular formula is C20H22N4O. The van der Waals surface area contributed by atoms with Gasteiger partial charge in [-0.25, -0.2) is 0 Å². The zero-order valence-corrected chi connectivity index (χ0v) is 14.3. The summed E-state index contributed by atoms with van der Waals surface area (Å²) in [7, 11) is 0. The molecule has 0 spiro atoms. The van der Waals surface area contributed by atoms with Gasteiger partial charge >= 0.3 is 0 Å². The van der Waals surface area contributed by atoms with E-state index >= 15 is 0 Å². The molecule has 25 heavy (non-hydrogen) atoms. The molecule has 0 saturated heterocycles. The molecule has 128 valence electrons. The summed E-state index contributed by atoms with van der Waals surface area (Å²) in [4.78, 5) is 16.5. The van der Waals surface area contributed by atoms with Crippen molar-refractivity contribution in [2.75, 3.05) is 6.54 Å². The van der Waals surface area contributed by atoms with E-state index in [1.54, 1.807) is 12.4 Å². The minimum atomic E-state index is -0.105. The van der Waals surface area contributed by atoms with Gasteiger partial charge < -0.3 is 5.32 Å². The Balaban J connectivity index is 1.54. The molecule has 1 amide bonds. The van der Waals surface area contributed by atoms with E-state index < -0.39 is 0 Å². The van der Waals surface area contributed by atoms with Gasteiger partial charge in [0.15, 0.2) is 0 Å². The molecule has 0 saturated carbocycles. The quantitative estimate of drug-likeness (QED) is 0.721. The van der Waals surface area contributed by atoms with Gasteiger partial charge in [-0.2, -0.15) is 5.10 Å². The second kappa shape index (κ2) is 8.24. The SMILES string of the molecule is CC[C@H](C(=O)NCCn1ccc(-c2ccncc2)n1)c1ccccc1. The molecule has 0 fully saturated rings. The van der Waals surface area contributed by atoms with Gasteiger partial charge in [0.2, 0.25) is 5.91 Å². The fourth-order valence-corrected chi connectivity index (χ4v) is 2.84. The van der Waals surface area contributed by atoms with E-state index in [0.717, 1.165) is 23.2 Å². The van der Waals surface area contributed by atoms with Crippen molar-refractivity contribution in [1.29, 1.82) is 0 Å². The number of hydrogen-bond donors (Lipinski definition) is 1. The molecule has 0 radical (unpaired) electrons. The number of rotatable bonds is 7. The highest BCUT2D eigenvalue weighted by atomic mass is 16.1. The second-order valence-electron chi connectivity index (χ2n) is 5.86. The van der Waals surface area contributed by atoms with Crippen LogP contribution in [0.2, 0.25) is 0 Å². The summed E-state index contributed by atoms with van der Waals surface area (Å²) in [5.41, 5.74) is 3.00. The summed E-state index contributed by atoms with van der Waals surface area (Å²) >= 11 is 0. The zero-order valence-electron chi connectivity index (χ0n) is 14.3. The van der Waals surface area contributed by atoms with Gasteiger partial charge in [0.25, 0.3) is 0 Å². The van der Waals surface area contributed by atoms with Crippen LogP contribution in [0.5, 0.6) is 0 Å². The molecule has 3 aromatic rings.